The van der Waals surface area contributed by atoms with E-state index in [-0.39, 0.29) is 0 Å². The van der Waals surface area contributed by atoms with Crippen LogP contribution in [0.15, 0.2) is 6.07 Å². The molecule has 1 aromatic rings. The molecule has 2 unspecified atom stereocenters. The van der Waals surface area contributed by atoms with Gasteiger partial charge >= 0.3 is 0 Å². The molecule has 2 rings (SSSR count). The molecule has 4 heteroatoms. The number of rotatable bonds is 4. The van der Waals surface area contributed by atoms with Gasteiger partial charge in [0.1, 0.15) is 11.3 Å². The zero-order valence-corrected chi connectivity index (χ0v) is 12.0. The lowest BCUT2D eigenvalue weighted by atomic mass is 9.78. The molecule has 2 atom stereocenters. The van der Waals surface area contributed by atoms with Crippen molar-refractivity contribution in [2.45, 2.75) is 52.1 Å². The van der Waals surface area contributed by atoms with Crippen LogP contribution in [0.3, 0.4) is 0 Å². The van der Waals surface area contributed by atoms with E-state index in [9.17, 15) is 4.79 Å². The highest BCUT2D eigenvalue weighted by Crippen LogP contribution is 2.41. The van der Waals surface area contributed by atoms with E-state index in [0.29, 0.717) is 24.0 Å². The fraction of sp³-hybridized carbons (Fsp3) is 0.667. The standard InChI is InChI=1S/C15H22N2O2/c1-4-19-15(7-5-6-11(2)9-15)14-16-12(3)8-13(10-18)17-14/h8,10-11H,4-7,9H2,1-3H3. The summed E-state index contributed by atoms with van der Waals surface area (Å²) < 4.78 is 6.04. The molecule has 19 heavy (non-hydrogen) atoms. The molecule has 104 valence electrons. The Morgan fingerprint density at radius 1 is 1.53 bits per heavy atom. The summed E-state index contributed by atoms with van der Waals surface area (Å²) in [7, 11) is 0. The van der Waals surface area contributed by atoms with Crippen LogP contribution in [0.1, 0.15) is 61.5 Å². The minimum Gasteiger partial charge on any atom is -0.367 e. The van der Waals surface area contributed by atoms with Crippen LogP contribution in [0.25, 0.3) is 0 Å². The smallest absolute Gasteiger partial charge is 0.168 e. The molecule has 1 aliphatic carbocycles. The monoisotopic (exact) mass is 262 g/mol. The van der Waals surface area contributed by atoms with Gasteiger partial charge in [0.25, 0.3) is 0 Å². The minimum absolute atomic E-state index is 0.407. The second-order valence-corrected chi connectivity index (χ2v) is 5.50. The molecule has 0 aromatic carbocycles. The van der Waals surface area contributed by atoms with Crippen LogP contribution in [0, 0.1) is 12.8 Å². The lowest BCUT2D eigenvalue weighted by molar-refractivity contribution is -0.0882. The zero-order valence-electron chi connectivity index (χ0n) is 12.0. The Balaban J connectivity index is 2.43. The van der Waals surface area contributed by atoms with E-state index in [2.05, 4.69) is 16.9 Å². The average molecular weight is 262 g/mol. The molecule has 1 aromatic heterocycles. The number of aldehydes is 1. The maximum Gasteiger partial charge on any atom is 0.168 e. The van der Waals surface area contributed by atoms with Gasteiger partial charge in [-0.05, 0) is 45.1 Å². The van der Waals surface area contributed by atoms with Crippen LogP contribution in [-0.4, -0.2) is 22.9 Å². The first-order chi connectivity index (χ1) is 9.09. The SMILES string of the molecule is CCOC1(c2nc(C)cc(C=O)n2)CCCC(C)C1. The van der Waals surface area contributed by atoms with Gasteiger partial charge in [0.05, 0.1) is 0 Å². The third-order valence-corrected chi connectivity index (χ3v) is 3.78. The van der Waals surface area contributed by atoms with Crippen molar-refractivity contribution in [2.75, 3.05) is 6.61 Å². The molecule has 1 heterocycles. The van der Waals surface area contributed by atoms with Crippen molar-refractivity contribution in [3.63, 3.8) is 0 Å². The zero-order chi connectivity index (χ0) is 13.9. The van der Waals surface area contributed by atoms with Gasteiger partial charge in [0, 0.05) is 12.3 Å². The number of ether oxygens (including phenoxy) is 1. The van der Waals surface area contributed by atoms with E-state index in [1.54, 1.807) is 6.07 Å². The van der Waals surface area contributed by atoms with E-state index >= 15 is 0 Å². The Kier molecular flexibility index (Phi) is 4.30. The number of carbonyl (C=O) groups excluding carboxylic acids is 1. The second-order valence-electron chi connectivity index (χ2n) is 5.50. The van der Waals surface area contributed by atoms with Crippen molar-refractivity contribution in [1.29, 1.82) is 0 Å². The van der Waals surface area contributed by atoms with Crippen molar-refractivity contribution in [1.82, 2.24) is 9.97 Å². The maximum absolute atomic E-state index is 11.0. The van der Waals surface area contributed by atoms with E-state index in [0.717, 1.165) is 31.2 Å². The molecule has 0 radical (unpaired) electrons. The Morgan fingerprint density at radius 2 is 2.32 bits per heavy atom. The lowest BCUT2D eigenvalue weighted by Gasteiger charge is -2.38. The summed E-state index contributed by atoms with van der Waals surface area (Å²) >= 11 is 0. The van der Waals surface area contributed by atoms with Crippen LogP contribution < -0.4 is 0 Å². The topological polar surface area (TPSA) is 52.1 Å². The molecule has 0 N–H and O–H groups in total. The normalized spacial score (nSPS) is 27.2. The molecular formula is C15H22N2O2. The molecule has 4 nitrogen and oxygen atoms in total. The Labute approximate surface area is 114 Å². The van der Waals surface area contributed by atoms with Crippen molar-refractivity contribution in [3.8, 4) is 0 Å². The van der Waals surface area contributed by atoms with Crippen LogP contribution in [0.5, 0.6) is 0 Å². The van der Waals surface area contributed by atoms with Crippen molar-refractivity contribution < 1.29 is 9.53 Å². The highest BCUT2D eigenvalue weighted by atomic mass is 16.5. The molecular weight excluding hydrogens is 240 g/mol. The minimum atomic E-state index is -0.407. The number of aryl methyl sites for hydroxylation is 1. The molecule has 0 bridgehead atoms. The first kappa shape index (κ1) is 14.1. The second kappa shape index (κ2) is 5.78. The van der Waals surface area contributed by atoms with Gasteiger partial charge in [-0.1, -0.05) is 13.3 Å². The summed E-state index contributed by atoms with van der Waals surface area (Å²) in [5.74, 6) is 1.28. The Morgan fingerprint density at radius 3 is 2.95 bits per heavy atom. The molecule has 0 amide bonds. The summed E-state index contributed by atoms with van der Waals surface area (Å²) in [5.41, 5.74) is 0.861. The van der Waals surface area contributed by atoms with Crippen molar-refractivity contribution >= 4 is 6.29 Å². The van der Waals surface area contributed by atoms with E-state index in [4.69, 9.17) is 4.74 Å². The van der Waals surface area contributed by atoms with Crippen LogP contribution in [0.4, 0.5) is 0 Å². The summed E-state index contributed by atoms with van der Waals surface area (Å²) in [6.07, 6.45) is 5.00. The largest absolute Gasteiger partial charge is 0.367 e. The van der Waals surface area contributed by atoms with Crippen molar-refractivity contribution in [3.05, 3.63) is 23.3 Å². The third-order valence-electron chi connectivity index (χ3n) is 3.78. The summed E-state index contributed by atoms with van der Waals surface area (Å²) in [4.78, 5) is 19.9. The molecule has 0 spiro atoms. The van der Waals surface area contributed by atoms with Gasteiger partial charge < -0.3 is 4.74 Å². The summed E-state index contributed by atoms with van der Waals surface area (Å²) in [6.45, 7) is 6.77. The fourth-order valence-corrected chi connectivity index (χ4v) is 3.04. The number of aromatic nitrogens is 2. The third kappa shape index (κ3) is 3.00. The molecule has 1 fully saturated rings. The number of nitrogens with zero attached hydrogens (tertiary/aromatic N) is 2. The van der Waals surface area contributed by atoms with Crippen LogP contribution >= 0.6 is 0 Å². The number of hydrogen-bond acceptors (Lipinski definition) is 4. The molecule has 0 saturated heterocycles. The molecule has 0 aliphatic heterocycles. The Hall–Kier alpha value is -1.29. The van der Waals surface area contributed by atoms with Gasteiger partial charge in [-0.2, -0.15) is 0 Å². The van der Waals surface area contributed by atoms with E-state index in [1.807, 2.05) is 13.8 Å². The van der Waals surface area contributed by atoms with Gasteiger partial charge in [-0.25, -0.2) is 9.97 Å². The highest BCUT2D eigenvalue weighted by Gasteiger charge is 2.40. The van der Waals surface area contributed by atoms with Crippen molar-refractivity contribution in [2.24, 2.45) is 5.92 Å². The fourth-order valence-electron chi connectivity index (χ4n) is 3.04. The number of carbonyl (C=O) groups is 1. The van der Waals surface area contributed by atoms with E-state index in [1.165, 1.54) is 6.42 Å². The predicted molar refractivity (Wildman–Crippen MR) is 73.1 cm³/mol. The highest BCUT2D eigenvalue weighted by molar-refractivity contribution is 5.71. The molecule has 1 aliphatic rings. The quantitative estimate of drug-likeness (QED) is 0.783. The summed E-state index contributed by atoms with van der Waals surface area (Å²) in [6, 6.07) is 1.71. The van der Waals surface area contributed by atoms with E-state index < -0.39 is 5.60 Å². The first-order valence-electron chi connectivity index (χ1n) is 7.05. The number of hydrogen-bond donors (Lipinski definition) is 0. The van der Waals surface area contributed by atoms with Gasteiger partial charge in [0.2, 0.25) is 0 Å². The van der Waals surface area contributed by atoms with Crippen LogP contribution in [0.2, 0.25) is 0 Å². The predicted octanol–water partition coefficient (Wildman–Crippen LogP) is 3.04. The lowest BCUT2D eigenvalue weighted by Crippen LogP contribution is -2.37. The summed E-state index contributed by atoms with van der Waals surface area (Å²) in [5, 5.41) is 0. The average Bonchev–Trinajstić information content (AvgIpc) is 2.38. The maximum atomic E-state index is 11.0. The van der Waals surface area contributed by atoms with Crippen LogP contribution in [-0.2, 0) is 10.3 Å². The first-order valence-corrected chi connectivity index (χ1v) is 7.05. The Bertz CT molecular complexity index is 457. The van der Waals surface area contributed by atoms with Gasteiger partial charge in [0.15, 0.2) is 12.1 Å². The van der Waals surface area contributed by atoms with Gasteiger partial charge in [-0.15, -0.1) is 0 Å². The van der Waals surface area contributed by atoms with Gasteiger partial charge in [-0.3, -0.25) is 4.79 Å². The molecule has 1 saturated carbocycles.